The molecule has 0 radical (unpaired) electrons. The summed E-state index contributed by atoms with van der Waals surface area (Å²) in [7, 11) is 0. The smallest absolute Gasteiger partial charge is 0.314 e. The molecule has 0 aliphatic carbocycles. The van der Waals surface area contributed by atoms with Crippen LogP contribution in [0.5, 0.6) is 5.75 Å². The lowest BCUT2D eigenvalue weighted by atomic mass is 9.99. The summed E-state index contributed by atoms with van der Waals surface area (Å²) in [5.41, 5.74) is 2.28. The molecule has 0 spiro atoms. The highest BCUT2D eigenvalue weighted by Crippen LogP contribution is 2.24. The molecule has 0 bridgehead atoms. The first-order valence-electron chi connectivity index (χ1n) is 9.75. The van der Waals surface area contributed by atoms with Crippen molar-refractivity contribution in [2.75, 3.05) is 35.2 Å². The molecular weight excluding hydrogens is 354 g/mol. The standard InChI is InChI=1S/C22H27N3O3/c1-3-28-20-10-6-18(7-11-20)24-22(27)21(26)23-17-4-8-19(9-5-17)25-14-12-16(2)13-15-25/h4-11,16H,3,12-15H2,1-2H3,(H,23,26)(H,24,27). The summed E-state index contributed by atoms with van der Waals surface area (Å²) >= 11 is 0. The van der Waals surface area contributed by atoms with Crippen LogP contribution >= 0.6 is 0 Å². The van der Waals surface area contributed by atoms with E-state index in [0.717, 1.165) is 24.7 Å². The van der Waals surface area contributed by atoms with Crippen LogP contribution in [0.4, 0.5) is 17.1 Å². The zero-order chi connectivity index (χ0) is 19.9. The number of ether oxygens (including phenoxy) is 1. The van der Waals surface area contributed by atoms with Crippen LogP contribution in [-0.4, -0.2) is 31.5 Å². The molecule has 1 saturated heterocycles. The largest absolute Gasteiger partial charge is 0.494 e. The van der Waals surface area contributed by atoms with Crippen LogP contribution < -0.4 is 20.3 Å². The lowest BCUT2D eigenvalue weighted by Gasteiger charge is -2.32. The zero-order valence-electron chi connectivity index (χ0n) is 16.4. The van der Waals surface area contributed by atoms with Crippen LogP contribution in [0.3, 0.4) is 0 Å². The van der Waals surface area contributed by atoms with Gasteiger partial charge in [0.25, 0.3) is 0 Å². The van der Waals surface area contributed by atoms with E-state index >= 15 is 0 Å². The van der Waals surface area contributed by atoms with Crippen LogP contribution in [0.25, 0.3) is 0 Å². The maximum Gasteiger partial charge on any atom is 0.314 e. The normalized spacial score (nSPS) is 14.4. The number of carbonyl (C=O) groups is 2. The number of rotatable bonds is 5. The molecule has 1 heterocycles. The van der Waals surface area contributed by atoms with Gasteiger partial charge in [-0.1, -0.05) is 6.92 Å². The van der Waals surface area contributed by atoms with Crippen LogP contribution in [-0.2, 0) is 9.59 Å². The average molecular weight is 381 g/mol. The fourth-order valence-electron chi connectivity index (χ4n) is 3.20. The second-order valence-corrected chi connectivity index (χ2v) is 7.08. The highest BCUT2D eigenvalue weighted by atomic mass is 16.5. The van der Waals surface area contributed by atoms with Gasteiger partial charge in [0.05, 0.1) is 6.61 Å². The average Bonchev–Trinajstić information content (AvgIpc) is 2.71. The Bertz CT molecular complexity index is 795. The number of piperidine rings is 1. The Balaban J connectivity index is 1.52. The van der Waals surface area contributed by atoms with Crippen LogP contribution in [0.2, 0.25) is 0 Å². The summed E-state index contributed by atoms with van der Waals surface area (Å²) < 4.78 is 5.36. The Morgan fingerprint density at radius 2 is 1.43 bits per heavy atom. The number of carbonyl (C=O) groups excluding carboxylic acids is 2. The minimum absolute atomic E-state index is 0.540. The molecule has 0 unspecified atom stereocenters. The van der Waals surface area contributed by atoms with Gasteiger partial charge < -0.3 is 20.3 Å². The number of nitrogens with one attached hydrogen (secondary N) is 2. The van der Waals surface area contributed by atoms with Crippen molar-refractivity contribution in [3.63, 3.8) is 0 Å². The van der Waals surface area contributed by atoms with E-state index in [4.69, 9.17) is 4.74 Å². The summed E-state index contributed by atoms with van der Waals surface area (Å²) in [4.78, 5) is 26.6. The highest BCUT2D eigenvalue weighted by molar-refractivity contribution is 6.43. The van der Waals surface area contributed by atoms with E-state index < -0.39 is 11.8 Å². The van der Waals surface area contributed by atoms with Gasteiger partial charge >= 0.3 is 11.8 Å². The molecule has 1 aliphatic rings. The second kappa shape index (κ2) is 9.26. The number of hydrogen-bond acceptors (Lipinski definition) is 4. The molecule has 2 aromatic rings. The number of anilines is 3. The molecule has 6 heteroatoms. The van der Waals surface area contributed by atoms with Gasteiger partial charge in [-0.15, -0.1) is 0 Å². The van der Waals surface area contributed by atoms with Gasteiger partial charge in [-0.2, -0.15) is 0 Å². The molecule has 0 aromatic heterocycles. The van der Waals surface area contributed by atoms with E-state index in [1.54, 1.807) is 24.3 Å². The van der Waals surface area contributed by atoms with E-state index in [2.05, 4.69) is 22.5 Å². The van der Waals surface area contributed by atoms with Gasteiger partial charge in [0.2, 0.25) is 0 Å². The molecule has 1 aliphatic heterocycles. The Hall–Kier alpha value is -3.02. The molecule has 0 atom stereocenters. The van der Waals surface area contributed by atoms with E-state index in [1.807, 2.05) is 31.2 Å². The fraction of sp³-hybridized carbons (Fsp3) is 0.364. The Labute approximate surface area is 165 Å². The van der Waals surface area contributed by atoms with Gasteiger partial charge in [-0.3, -0.25) is 9.59 Å². The summed E-state index contributed by atoms with van der Waals surface area (Å²) in [6.45, 7) is 6.87. The number of benzene rings is 2. The predicted molar refractivity (Wildman–Crippen MR) is 112 cm³/mol. The number of nitrogens with zero attached hydrogens (tertiary/aromatic N) is 1. The molecule has 1 fully saturated rings. The van der Waals surface area contributed by atoms with Crippen molar-refractivity contribution in [3.8, 4) is 5.75 Å². The van der Waals surface area contributed by atoms with Crippen molar-refractivity contribution in [3.05, 3.63) is 48.5 Å². The van der Waals surface area contributed by atoms with Crippen LogP contribution in [0.15, 0.2) is 48.5 Å². The van der Waals surface area contributed by atoms with Crippen molar-refractivity contribution >= 4 is 28.9 Å². The monoisotopic (exact) mass is 381 g/mol. The van der Waals surface area contributed by atoms with Gasteiger partial charge in [-0.25, -0.2) is 0 Å². The van der Waals surface area contributed by atoms with Gasteiger partial charge in [-0.05, 0) is 74.2 Å². The first-order valence-corrected chi connectivity index (χ1v) is 9.75. The molecule has 2 N–H and O–H groups in total. The van der Waals surface area contributed by atoms with Gasteiger partial charge in [0.15, 0.2) is 0 Å². The van der Waals surface area contributed by atoms with E-state index in [1.165, 1.54) is 12.8 Å². The van der Waals surface area contributed by atoms with Gasteiger partial charge in [0, 0.05) is 30.2 Å². The van der Waals surface area contributed by atoms with E-state index in [9.17, 15) is 9.59 Å². The van der Waals surface area contributed by atoms with Crippen LogP contribution in [0, 0.1) is 5.92 Å². The third kappa shape index (κ3) is 5.25. The molecule has 148 valence electrons. The first kappa shape index (κ1) is 19.7. The molecular formula is C22H27N3O3. The zero-order valence-corrected chi connectivity index (χ0v) is 16.4. The third-order valence-corrected chi connectivity index (χ3v) is 4.90. The third-order valence-electron chi connectivity index (χ3n) is 4.90. The van der Waals surface area contributed by atoms with Crippen molar-refractivity contribution in [2.45, 2.75) is 26.7 Å². The minimum Gasteiger partial charge on any atom is -0.494 e. The van der Waals surface area contributed by atoms with Crippen molar-refractivity contribution in [2.24, 2.45) is 5.92 Å². The molecule has 2 amide bonds. The maximum atomic E-state index is 12.2. The molecule has 28 heavy (non-hydrogen) atoms. The van der Waals surface area contributed by atoms with Gasteiger partial charge in [0.1, 0.15) is 5.75 Å². The SMILES string of the molecule is CCOc1ccc(NC(=O)C(=O)Nc2ccc(N3CCC(C)CC3)cc2)cc1. The second-order valence-electron chi connectivity index (χ2n) is 7.08. The molecule has 6 nitrogen and oxygen atoms in total. The molecule has 2 aromatic carbocycles. The first-order chi connectivity index (χ1) is 13.5. The highest BCUT2D eigenvalue weighted by Gasteiger charge is 2.17. The van der Waals surface area contributed by atoms with Crippen molar-refractivity contribution in [1.29, 1.82) is 0 Å². The minimum atomic E-state index is -0.710. The Morgan fingerprint density at radius 1 is 0.929 bits per heavy atom. The quantitative estimate of drug-likeness (QED) is 0.771. The summed E-state index contributed by atoms with van der Waals surface area (Å²) in [6, 6.07) is 14.5. The maximum absolute atomic E-state index is 12.2. The predicted octanol–water partition coefficient (Wildman–Crippen LogP) is 3.90. The summed E-state index contributed by atoms with van der Waals surface area (Å²) in [6.07, 6.45) is 2.40. The Kier molecular flexibility index (Phi) is 6.53. The van der Waals surface area contributed by atoms with E-state index in [0.29, 0.717) is 23.7 Å². The molecule has 0 saturated carbocycles. The number of amides is 2. The van der Waals surface area contributed by atoms with Crippen LogP contribution in [0.1, 0.15) is 26.7 Å². The topological polar surface area (TPSA) is 70.7 Å². The summed E-state index contributed by atoms with van der Waals surface area (Å²) in [5.74, 6) is 0.0867. The molecule has 3 rings (SSSR count). The fourth-order valence-corrected chi connectivity index (χ4v) is 3.20. The lowest BCUT2D eigenvalue weighted by Crippen LogP contribution is -2.32. The number of hydrogen-bond donors (Lipinski definition) is 2. The Morgan fingerprint density at radius 3 is 1.93 bits per heavy atom. The summed E-state index contributed by atoms with van der Waals surface area (Å²) in [5, 5.41) is 5.22. The lowest BCUT2D eigenvalue weighted by molar-refractivity contribution is -0.132. The van der Waals surface area contributed by atoms with E-state index in [-0.39, 0.29) is 0 Å². The van der Waals surface area contributed by atoms with Crippen molar-refractivity contribution < 1.29 is 14.3 Å². The van der Waals surface area contributed by atoms with Crippen molar-refractivity contribution in [1.82, 2.24) is 0 Å².